The monoisotopic (exact) mass is 390 g/mol. The van der Waals surface area contributed by atoms with Gasteiger partial charge in [-0.05, 0) is 49.6 Å². The maximum atomic E-state index is 12.2. The highest BCUT2D eigenvalue weighted by molar-refractivity contribution is 7.89. The SMILES string of the molecule is CC[C@@H](C)NS(=O)(=O)c1ccc(OCC(=O)NCCc2ccccc2)cc1. The predicted octanol–water partition coefficient (Wildman–Crippen LogP) is 2.50. The molecule has 6 nitrogen and oxygen atoms in total. The molecule has 2 aromatic rings. The summed E-state index contributed by atoms with van der Waals surface area (Å²) in [5.74, 6) is 0.219. The van der Waals surface area contributed by atoms with Crippen LogP contribution in [0.1, 0.15) is 25.8 Å². The summed E-state index contributed by atoms with van der Waals surface area (Å²) in [6, 6.07) is 15.8. The summed E-state index contributed by atoms with van der Waals surface area (Å²) in [6.45, 7) is 4.14. The quantitative estimate of drug-likeness (QED) is 0.653. The fraction of sp³-hybridized carbons (Fsp3) is 0.350. The molecule has 0 aromatic heterocycles. The molecule has 0 fully saturated rings. The summed E-state index contributed by atoms with van der Waals surface area (Å²) < 4.78 is 32.4. The Kier molecular flexibility index (Phi) is 7.82. The van der Waals surface area contributed by atoms with Crippen LogP contribution >= 0.6 is 0 Å². The van der Waals surface area contributed by atoms with Crippen molar-refractivity contribution in [3.63, 3.8) is 0 Å². The maximum absolute atomic E-state index is 12.2. The first-order chi connectivity index (χ1) is 12.9. The van der Waals surface area contributed by atoms with Crippen LogP contribution in [-0.4, -0.2) is 33.5 Å². The van der Waals surface area contributed by atoms with Crippen LogP contribution in [0.25, 0.3) is 0 Å². The number of amides is 1. The molecule has 146 valence electrons. The van der Waals surface area contributed by atoms with Crippen molar-refractivity contribution in [3.8, 4) is 5.75 Å². The summed E-state index contributed by atoms with van der Waals surface area (Å²) in [5.41, 5.74) is 1.15. The van der Waals surface area contributed by atoms with Crippen molar-refractivity contribution < 1.29 is 17.9 Å². The van der Waals surface area contributed by atoms with Gasteiger partial charge in [-0.1, -0.05) is 37.3 Å². The van der Waals surface area contributed by atoms with Gasteiger partial charge in [-0.25, -0.2) is 13.1 Å². The normalized spacial score (nSPS) is 12.4. The molecular weight excluding hydrogens is 364 g/mol. The summed E-state index contributed by atoms with van der Waals surface area (Å²) >= 11 is 0. The third-order valence-corrected chi connectivity index (χ3v) is 5.66. The smallest absolute Gasteiger partial charge is 0.257 e. The molecule has 1 atom stereocenters. The van der Waals surface area contributed by atoms with Gasteiger partial charge >= 0.3 is 0 Å². The highest BCUT2D eigenvalue weighted by Gasteiger charge is 2.16. The van der Waals surface area contributed by atoms with Gasteiger partial charge in [-0.2, -0.15) is 0 Å². The molecule has 0 radical (unpaired) electrons. The number of hydrogen-bond acceptors (Lipinski definition) is 4. The van der Waals surface area contributed by atoms with E-state index in [2.05, 4.69) is 10.0 Å². The lowest BCUT2D eigenvalue weighted by Gasteiger charge is -2.12. The van der Waals surface area contributed by atoms with Gasteiger partial charge in [0.25, 0.3) is 5.91 Å². The second-order valence-corrected chi connectivity index (χ2v) is 7.99. The largest absolute Gasteiger partial charge is 0.484 e. The Hall–Kier alpha value is -2.38. The fourth-order valence-electron chi connectivity index (χ4n) is 2.32. The third-order valence-electron chi connectivity index (χ3n) is 4.05. The molecular formula is C20H26N2O4S. The van der Waals surface area contributed by atoms with E-state index < -0.39 is 10.0 Å². The number of sulfonamides is 1. The van der Waals surface area contributed by atoms with Gasteiger partial charge in [0.15, 0.2) is 6.61 Å². The number of benzene rings is 2. The van der Waals surface area contributed by atoms with Crippen molar-refractivity contribution in [1.29, 1.82) is 0 Å². The highest BCUT2D eigenvalue weighted by atomic mass is 32.2. The van der Waals surface area contributed by atoms with Gasteiger partial charge in [-0.15, -0.1) is 0 Å². The Morgan fingerprint density at radius 3 is 2.37 bits per heavy atom. The van der Waals surface area contributed by atoms with Crippen LogP contribution in [0, 0.1) is 0 Å². The average molecular weight is 391 g/mol. The molecule has 0 saturated carbocycles. The first kappa shape index (κ1) is 20.9. The van der Waals surface area contributed by atoms with E-state index in [0.29, 0.717) is 18.7 Å². The Labute approximate surface area is 161 Å². The first-order valence-corrected chi connectivity index (χ1v) is 10.4. The van der Waals surface area contributed by atoms with Crippen molar-refractivity contribution in [1.82, 2.24) is 10.0 Å². The summed E-state index contributed by atoms with van der Waals surface area (Å²) in [6.07, 6.45) is 1.46. The van der Waals surface area contributed by atoms with Crippen molar-refractivity contribution in [2.24, 2.45) is 0 Å². The molecule has 0 heterocycles. The van der Waals surface area contributed by atoms with Crippen LogP contribution in [0.15, 0.2) is 59.5 Å². The van der Waals surface area contributed by atoms with E-state index in [4.69, 9.17) is 4.74 Å². The van der Waals surface area contributed by atoms with E-state index in [9.17, 15) is 13.2 Å². The van der Waals surface area contributed by atoms with Crippen LogP contribution in [0.5, 0.6) is 5.75 Å². The van der Waals surface area contributed by atoms with Crippen LogP contribution in [0.3, 0.4) is 0 Å². The molecule has 0 aliphatic heterocycles. The van der Waals surface area contributed by atoms with Gasteiger partial charge in [0, 0.05) is 12.6 Å². The van der Waals surface area contributed by atoms with E-state index in [0.717, 1.165) is 12.0 Å². The van der Waals surface area contributed by atoms with Gasteiger partial charge < -0.3 is 10.1 Å². The highest BCUT2D eigenvalue weighted by Crippen LogP contribution is 2.16. The number of ether oxygens (including phenoxy) is 1. The molecule has 2 rings (SSSR count). The summed E-state index contributed by atoms with van der Waals surface area (Å²) in [5, 5.41) is 2.80. The van der Waals surface area contributed by atoms with Gasteiger partial charge in [0.1, 0.15) is 5.75 Å². The Morgan fingerprint density at radius 2 is 1.74 bits per heavy atom. The first-order valence-electron chi connectivity index (χ1n) is 8.96. The molecule has 0 spiro atoms. The zero-order valence-corrected chi connectivity index (χ0v) is 16.5. The molecule has 27 heavy (non-hydrogen) atoms. The Balaban J connectivity index is 1.78. The molecule has 0 saturated heterocycles. The topological polar surface area (TPSA) is 84.5 Å². The molecule has 1 amide bonds. The van der Waals surface area contributed by atoms with Gasteiger partial charge in [-0.3, -0.25) is 4.79 Å². The van der Waals surface area contributed by atoms with Crippen LogP contribution in [0.4, 0.5) is 0 Å². The Morgan fingerprint density at radius 1 is 1.07 bits per heavy atom. The average Bonchev–Trinajstić information content (AvgIpc) is 2.67. The maximum Gasteiger partial charge on any atom is 0.257 e. The van der Waals surface area contributed by atoms with Crippen LogP contribution < -0.4 is 14.8 Å². The lowest BCUT2D eigenvalue weighted by molar-refractivity contribution is -0.123. The number of carbonyl (C=O) groups is 1. The molecule has 2 N–H and O–H groups in total. The lowest BCUT2D eigenvalue weighted by Crippen LogP contribution is -2.32. The molecule has 2 aromatic carbocycles. The standard InChI is InChI=1S/C20H26N2O4S/c1-3-16(2)22-27(24,25)19-11-9-18(10-12-19)26-15-20(23)21-14-13-17-7-5-4-6-8-17/h4-12,16,22H,3,13-15H2,1-2H3,(H,21,23)/t16-/m1/s1. The van der Waals surface area contributed by atoms with Crippen LogP contribution in [0.2, 0.25) is 0 Å². The van der Waals surface area contributed by atoms with Crippen molar-refractivity contribution in [3.05, 3.63) is 60.2 Å². The number of carbonyl (C=O) groups excluding carboxylic acids is 1. The number of rotatable bonds is 10. The van der Waals surface area contributed by atoms with E-state index in [-0.39, 0.29) is 23.5 Å². The lowest BCUT2D eigenvalue weighted by atomic mass is 10.1. The molecule has 0 bridgehead atoms. The van der Waals surface area contributed by atoms with Crippen molar-refractivity contribution in [2.75, 3.05) is 13.2 Å². The van der Waals surface area contributed by atoms with E-state index >= 15 is 0 Å². The zero-order valence-electron chi connectivity index (χ0n) is 15.6. The van der Waals surface area contributed by atoms with E-state index in [1.165, 1.54) is 12.1 Å². The number of hydrogen-bond donors (Lipinski definition) is 2. The minimum atomic E-state index is -3.54. The van der Waals surface area contributed by atoms with E-state index in [1.54, 1.807) is 12.1 Å². The second-order valence-electron chi connectivity index (χ2n) is 6.28. The van der Waals surface area contributed by atoms with Crippen molar-refractivity contribution >= 4 is 15.9 Å². The third kappa shape index (κ3) is 7.03. The molecule has 0 aliphatic rings. The van der Waals surface area contributed by atoms with Gasteiger partial charge in [0.2, 0.25) is 10.0 Å². The summed E-state index contributed by atoms with van der Waals surface area (Å²) in [4.78, 5) is 12.0. The fourth-order valence-corrected chi connectivity index (χ4v) is 3.65. The summed E-state index contributed by atoms with van der Waals surface area (Å²) in [7, 11) is -3.54. The second kappa shape index (κ2) is 10.1. The minimum Gasteiger partial charge on any atom is -0.484 e. The molecule has 0 unspecified atom stereocenters. The molecule has 0 aliphatic carbocycles. The molecule has 7 heteroatoms. The van der Waals surface area contributed by atoms with E-state index in [1.807, 2.05) is 44.2 Å². The number of nitrogens with one attached hydrogen (secondary N) is 2. The van der Waals surface area contributed by atoms with Crippen molar-refractivity contribution in [2.45, 2.75) is 37.6 Å². The Bertz CT molecular complexity index is 821. The minimum absolute atomic E-state index is 0.119. The zero-order chi connectivity index (χ0) is 19.7. The van der Waals surface area contributed by atoms with Crippen LogP contribution in [-0.2, 0) is 21.2 Å². The van der Waals surface area contributed by atoms with Gasteiger partial charge in [0.05, 0.1) is 4.90 Å². The predicted molar refractivity (Wildman–Crippen MR) is 105 cm³/mol.